The topological polar surface area (TPSA) is 25.2 Å². The van der Waals surface area contributed by atoms with Gasteiger partial charge in [0, 0.05) is 11.1 Å². The lowest BCUT2D eigenvalue weighted by Gasteiger charge is -2.25. The van der Waals surface area contributed by atoms with Crippen molar-refractivity contribution < 1.29 is 4.42 Å². The van der Waals surface area contributed by atoms with Crippen molar-refractivity contribution in [3.63, 3.8) is 0 Å². The molecular formula is C30H27NO. The minimum atomic E-state index is 0.650. The molecule has 1 heterocycles. The third-order valence-corrected chi connectivity index (χ3v) is 6.88. The van der Waals surface area contributed by atoms with Crippen molar-refractivity contribution in [3.8, 4) is 11.1 Å². The molecule has 2 nitrogen and oxygen atoms in total. The molecule has 1 aliphatic carbocycles. The van der Waals surface area contributed by atoms with Gasteiger partial charge in [-0.2, -0.15) is 0 Å². The molecule has 5 aromatic rings. The van der Waals surface area contributed by atoms with Gasteiger partial charge >= 0.3 is 0 Å². The number of anilines is 2. The van der Waals surface area contributed by atoms with Crippen molar-refractivity contribution in [2.24, 2.45) is 0 Å². The van der Waals surface area contributed by atoms with E-state index in [1.807, 2.05) is 0 Å². The van der Waals surface area contributed by atoms with Crippen LogP contribution < -0.4 is 5.32 Å². The van der Waals surface area contributed by atoms with Gasteiger partial charge in [0.05, 0.1) is 11.1 Å². The van der Waals surface area contributed by atoms with Crippen molar-refractivity contribution in [1.82, 2.24) is 0 Å². The number of hydrogen-bond acceptors (Lipinski definition) is 2. The zero-order valence-corrected chi connectivity index (χ0v) is 18.2. The largest absolute Gasteiger partial charge is 0.456 e. The van der Waals surface area contributed by atoms with Crippen LogP contribution in [0.5, 0.6) is 0 Å². The Morgan fingerprint density at radius 3 is 2.28 bits per heavy atom. The summed E-state index contributed by atoms with van der Waals surface area (Å²) < 4.78 is 6.23. The van der Waals surface area contributed by atoms with E-state index in [1.165, 1.54) is 54.5 Å². The Labute approximate surface area is 188 Å². The van der Waals surface area contributed by atoms with Gasteiger partial charge in [0.1, 0.15) is 11.2 Å². The van der Waals surface area contributed by atoms with Crippen LogP contribution in [-0.2, 0) is 0 Å². The summed E-state index contributed by atoms with van der Waals surface area (Å²) in [6.07, 6.45) is 6.62. The third-order valence-electron chi connectivity index (χ3n) is 6.88. The number of furan rings is 1. The van der Waals surface area contributed by atoms with Crippen LogP contribution in [0.4, 0.5) is 11.4 Å². The molecule has 2 heteroatoms. The van der Waals surface area contributed by atoms with Crippen molar-refractivity contribution in [1.29, 1.82) is 0 Å². The highest BCUT2D eigenvalue weighted by molar-refractivity contribution is 6.13. The SMILES string of the molecule is c1ccc(-c2ccc3oc4cccc(Nc5ccccc5C5CCCCC5)c4c3c2)cc1. The van der Waals surface area contributed by atoms with E-state index in [2.05, 4.69) is 96.3 Å². The molecule has 158 valence electrons. The molecule has 0 amide bonds. The quantitative estimate of drug-likeness (QED) is 0.315. The molecule has 0 bridgehead atoms. The Balaban J connectivity index is 1.46. The van der Waals surface area contributed by atoms with Gasteiger partial charge in [0.25, 0.3) is 0 Å². The van der Waals surface area contributed by atoms with Crippen molar-refractivity contribution in [2.45, 2.75) is 38.0 Å². The van der Waals surface area contributed by atoms with Crippen molar-refractivity contribution in [2.75, 3.05) is 5.32 Å². The van der Waals surface area contributed by atoms with Crippen molar-refractivity contribution >= 4 is 33.3 Å². The zero-order valence-electron chi connectivity index (χ0n) is 18.2. The normalized spacial score (nSPS) is 14.8. The lowest BCUT2D eigenvalue weighted by Crippen LogP contribution is -2.07. The third kappa shape index (κ3) is 3.46. The Kier molecular flexibility index (Phi) is 4.92. The average molecular weight is 418 g/mol. The highest BCUT2D eigenvalue weighted by atomic mass is 16.3. The van der Waals surface area contributed by atoms with Crippen LogP contribution in [0.2, 0.25) is 0 Å². The molecule has 6 rings (SSSR count). The van der Waals surface area contributed by atoms with Gasteiger partial charge in [0.2, 0.25) is 0 Å². The van der Waals surface area contributed by atoms with E-state index in [4.69, 9.17) is 4.42 Å². The fraction of sp³-hybridized carbons (Fsp3) is 0.200. The Hall–Kier alpha value is -3.52. The van der Waals surface area contributed by atoms with Crippen LogP contribution in [0.15, 0.2) is 95.4 Å². The second-order valence-electron chi connectivity index (χ2n) is 8.90. The molecule has 1 aromatic heterocycles. The number of benzene rings is 4. The Bertz CT molecular complexity index is 1380. The first-order valence-corrected chi connectivity index (χ1v) is 11.7. The highest BCUT2D eigenvalue weighted by Gasteiger charge is 2.19. The second kappa shape index (κ2) is 8.20. The van der Waals surface area contributed by atoms with Crippen LogP contribution in [0.3, 0.4) is 0 Å². The van der Waals surface area contributed by atoms with Crippen LogP contribution in [0, 0.1) is 0 Å². The smallest absolute Gasteiger partial charge is 0.137 e. The lowest BCUT2D eigenvalue weighted by molar-refractivity contribution is 0.444. The van der Waals surface area contributed by atoms with E-state index >= 15 is 0 Å². The summed E-state index contributed by atoms with van der Waals surface area (Å²) in [6.45, 7) is 0. The van der Waals surface area contributed by atoms with Crippen LogP contribution in [-0.4, -0.2) is 0 Å². The van der Waals surface area contributed by atoms with Gasteiger partial charge in [-0.3, -0.25) is 0 Å². The number of hydrogen-bond donors (Lipinski definition) is 1. The number of nitrogens with one attached hydrogen (secondary N) is 1. The molecule has 0 atom stereocenters. The van der Waals surface area contributed by atoms with Crippen LogP contribution in [0.25, 0.3) is 33.1 Å². The summed E-state index contributed by atoms with van der Waals surface area (Å²) >= 11 is 0. The van der Waals surface area contributed by atoms with Gasteiger partial charge in [0.15, 0.2) is 0 Å². The first-order valence-electron chi connectivity index (χ1n) is 11.7. The second-order valence-corrected chi connectivity index (χ2v) is 8.90. The van der Waals surface area contributed by atoms with Gasteiger partial charge in [-0.25, -0.2) is 0 Å². The van der Waals surface area contributed by atoms with Gasteiger partial charge in [-0.05, 0) is 65.8 Å². The minimum Gasteiger partial charge on any atom is -0.456 e. The molecule has 1 saturated carbocycles. The van der Waals surface area contributed by atoms with Gasteiger partial charge < -0.3 is 9.73 Å². The van der Waals surface area contributed by atoms with Gasteiger partial charge in [-0.1, -0.05) is 79.9 Å². The molecule has 0 aliphatic heterocycles. The maximum atomic E-state index is 6.23. The standard InChI is InChI=1S/C30H27NO/c1-3-10-21(11-4-1)23-18-19-28-25(20-23)30-27(16-9-17-29(30)32-28)31-26-15-8-7-14-24(26)22-12-5-2-6-13-22/h1,3-4,7-11,14-20,22,31H,2,5-6,12-13H2. The molecule has 0 saturated heterocycles. The Morgan fingerprint density at radius 1 is 0.625 bits per heavy atom. The molecular weight excluding hydrogens is 390 g/mol. The first kappa shape index (κ1) is 19.2. The van der Waals surface area contributed by atoms with E-state index in [1.54, 1.807) is 0 Å². The number of para-hydroxylation sites is 1. The minimum absolute atomic E-state index is 0.650. The lowest BCUT2D eigenvalue weighted by atomic mass is 9.83. The monoisotopic (exact) mass is 417 g/mol. The molecule has 1 aliphatic rings. The van der Waals surface area contributed by atoms with E-state index < -0.39 is 0 Å². The summed E-state index contributed by atoms with van der Waals surface area (Å²) in [6, 6.07) is 32.2. The van der Waals surface area contributed by atoms with Crippen LogP contribution in [0.1, 0.15) is 43.6 Å². The highest BCUT2D eigenvalue weighted by Crippen LogP contribution is 2.40. The maximum absolute atomic E-state index is 6.23. The van der Waals surface area contributed by atoms with E-state index in [-0.39, 0.29) is 0 Å². The molecule has 0 radical (unpaired) electrons. The fourth-order valence-electron chi connectivity index (χ4n) is 5.27. The molecule has 0 unspecified atom stereocenters. The number of rotatable bonds is 4. The van der Waals surface area contributed by atoms with Gasteiger partial charge in [-0.15, -0.1) is 0 Å². The summed E-state index contributed by atoms with van der Waals surface area (Å²) in [5.41, 5.74) is 8.05. The fourth-order valence-corrected chi connectivity index (χ4v) is 5.27. The summed E-state index contributed by atoms with van der Waals surface area (Å²) in [4.78, 5) is 0. The first-order chi connectivity index (χ1) is 15.9. The molecule has 1 N–H and O–H groups in total. The molecule has 4 aromatic carbocycles. The summed E-state index contributed by atoms with van der Waals surface area (Å²) in [5, 5.41) is 6.09. The van der Waals surface area contributed by atoms with E-state index in [0.717, 1.165) is 27.6 Å². The Morgan fingerprint density at radius 2 is 1.41 bits per heavy atom. The zero-order chi connectivity index (χ0) is 21.3. The number of fused-ring (bicyclic) bond motifs is 3. The summed E-state index contributed by atoms with van der Waals surface area (Å²) in [5.74, 6) is 0.650. The predicted octanol–water partition coefficient (Wildman–Crippen LogP) is 9.04. The molecule has 1 fully saturated rings. The summed E-state index contributed by atoms with van der Waals surface area (Å²) in [7, 11) is 0. The van der Waals surface area contributed by atoms with E-state index in [0.29, 0.717) is 5.92 Å². The molecule has 32 heavy (non-hydrogen) atoms. The van der Waals surface area contributed by atoms with Crippen molar-refractivity contribution in [3.05, 3.63) is 96.6 Å². The molecule has 0 spiro atoms. The predicted molar refractivity (Wildman–Crippen MR) is 135 cm³/mol. The van der Waals surface area contributed by atoms with Crippen LogP contribution >= 0.6 is 0 Å². The van der Waals surface area contributed by atoms with E-state index in [9.17, 15) is 0 Å². The maximum Gasteiger partial charge on any atom is 0.137 e. The average Bonchev–Trinajstić information content (AvgIpc) is 3.24.